The van der Waals surface area contributed by atoms with Crippen molar-refractivity contribution in [1.29, 1.82) is 0 Å². The lowest BCUT2D eigenvalue weighted by atomic mass is 10.2. The number of halogens is 2. The number of nitrogens with one attached hydrogen (secondary N) is 1. The van der Waals surface area contributed by atoms with E-state index in [0.29, 0.717) is 16.0 Å². The molecule has 1 N–H and O–H groups in total. The summed E-state index contributed by atoms with van der Waals surface area (Å²) in [7, 11) is 0. The quantitative estimate of drug-likeness (QED) is 0.833. The summed E-state index contributed by atoms with van der Waals surface area (Å²) in [5, 5.41) is 3.98. The number of benzene rings is 1. The molecule has 1 aliphatic carbocycles. The van der Waals surface area contributed by atoms with Crippen molar-refractivity contribution in [1.82, 2.24) is 5.32 Å². The zero-order valence-corrected chi connectivity index (χ0v) is 10.8. The van der Waals surface area contributed by atoms with Gasteiger partial charge in [-0.1, -0.05) is 23.2 Å². The Morgan fingerprint density at radius 2 is 1.94 bits per heavy atom. The molecule has 1 amide bonds. The van der Waals surface area contributed by atoms with E-state index in [0.717, 1.165) is 12.1 Å². The van der Waals surface area contributed by atoms with Gasteiger partial charge in [0.25, 0.3) is 0 Å². The van der Waals surface area contributed by atoms with Gasteiger partial charge in [0.1, 0.15) is 0 Å². The van der Waals surface area contributed by atoms with E-state index >= 15 is 0 Å². The first kappa shape index (κ1) is 12.5. The first-order valence-corrected chi connectivity index (χ1v) is 6.31. The maximum Gasteiger partial charge on any atom is 0.244 e. The molecule has 0 spiro atoms. The Kier molecular flexibility index (Phi) is 4.08. The lowest BCUT2D eigenvalue weighted by Crippen LogP contribution is -2.23. The fourth-order valence-electron chi connectivity index (χ4n) is 1.47. The Hall–Kier alpha value is -0.990. The van der Waals surface area contributed by atoms with Gasteiger partial charge in [-0.2, -0.15) is 0 Å². The van der Waals surface area contributed by atoms with Gasteiger partial charge in [-0.15, -0.1) is 0 Å². The van der Waals surface area contributed by atoms with Crippen LogP contribution in [-0.2, 0) is 4.79 Å². The molecule has 0 bridgehead atoms. The molecule has 1 saturated carbocycles. The van der Waals surface area contributed by atoms with Crippen LogP contribution in [-0.4, -0.2) is 12.5 Å². The Morgan fingerprint density at radius 3 is 2.53 bits per heavy atom. The Morgan fingerprint density at radius 1 is 1.29 bits per heavy atom. The van der Waals surface area contributed by atoms with Crippen LogP contribution in [0.15, 0.2) is 24.3 Å². The molecule has 1 aromatic carbocycles. The molecule has 4 heteroatoms. The second-order valence-corrected chi connectivity index (χ2v) is 5.10. The smallest absolute Gasteiger partial charge is 0.244 e. The molecule has 0 unspecified atom stereocenters. The van der Waals surface area contributed by atoms with Gasteiger partial charge in [-0.05, 0) is 48.6 Å². The molecular weight excluding hydrogens is 257 g/mol. The third-order valence-corrected chi connectivity index (χ3v) is 3.01. The standard InChI is InChI=1S/C13H13Cl2NO/c14-11-5-10(6-12(15)7-11)3-4-13(17)16-8-9-1-2-9/h3-7,9H,1-2,8H2,(H,16,17)/b4-3+. The van der Waals surface area contributed by atoms with Gasteiger partial charge in [0, 0.05) is 22.7 Å². The predicted molar refractivity (Wildman–Crippen MR) is 71.2 cm³/mol. The van der Waals surface area contributed by atoms with Crippen LogP contribution >= 0.6 is 23.2 Å². The molecule has 0 aliphatic heterocycles. The van der Waals surface area contributed by atoms with Crippen molar-refractivity contribution < 1.29 is 4.79 Å². The summed E-state index contributed by atoms with van der Waals surface area (Å²) in [6.45, 7) is 0.777. The molecule has 17 heavy (non-hydrogen) atoms. The van der Waals surface area contributed by atoms with Crippen molar-refractivity contribution in [2.24, 2.45) is 5.92 Å². The second-order valence-electron chi connectivity index (χ2n) is 4.22. The van der Waals surface area contributed by atoms with Gasteiger partial charge < -0.3 is 5.32 Å². The average molecular weight is 270 g/mol. The Balaban J connectivity index is 1.91. The molecule has 1 aromatic rings. The maximum absolute atomic E-state index is 11.5. The molecule has 0 aromatic heterocycles. The first-order chi connectivity index (χ1) is 8.13. The molecule has 0 heterocycles. The van der Waals surface area contributed by atoms with Crippen molar-refractivity contribution in [2.45, 2.75) is 12.8 Å². The highest BCUT2D eigenvalue weighted by atomic mass is 35.5. The lowest BCUT2D eigenvalue weighted by molar-refractivity contribution is -0.116. The first-order valence-electron chi connectivity index (χ1n) is 5.55. The van der Waals surface area contributed by atoms with Crippen molar-refractivity contribution >= 4 is 35.2 Å². The molecule has 2 nitrogen and oxygen atoms in total. The van der Waals surface area contributed by atoms with Crippen molar-refractivity contribution in [3.63, 3.8) is 0 Å². The van der Waals surface area contributed by atoms with Crippen LogP contribution in [0, 0.1) is 5.92 Å². The van der Waals surface area contributed by atoms with Crippen LogP contribution in [0.3, 0.4) is 0 Å². The van der Waals surface area contributed by atoms with Gasteiger partial charge in [0.15, 0.2) is 0 Å². The topological polar surface area (TPSA) is 29.1 Å². The largest absolute Gasteiger partial charge is 0.352 e. The number of rotatable bonds is 4. The summed E-state index contributed by atoms with van der Waals surface area (Å²) in [6.07, 6.45) is 5.67. The van der Waals surface area contributed by atoms with E-state index in [2.05, 4.69) is 5.32 Å². The number of carbonyl (C=O) groups is 1. The van der Waals surface area contributed by atoms with Gasteiger partial charge >= 0.3 is 0 Å². The minimum absolute atomic E-state index is 0.0759. The van der Waals surface area contributed by atoms with E-state index < -0.39 is 0 Å². The van der Waals surface area contributed by atoms with Crippen LogP contribution < -0.4 is 5.32 Å². The van der Waals surface area contributed by atoms with E-state index in [1.807, 2.05) is 0 Å². The normalized spacial score (nSPS) is 15.2. The number of hydrogen-bond acceptors (Lipinski definition) is 1. The Bertz CT molecular complexity index is 432. The summed E-state index contributed by atoms with van der Waals surface area (Å²) in [5.41, 5.74) is 0.823. The summed E-state index contributed by atoms with van der Waals surface area (Å²) >= 11 is 11.7. The molecule has 1 fully saturated rings. The van der Waals surface area contributed by atoms with Gasteiger partial charge in [0.2, 0.25) is 5.91 Å². The second kappa shape index (κ2) is 5.56. The van der Waals surface area contributed by atoms with Crippen LogP contribution in [0.4, 0.5) is 0 Å². The van der Waals surface area contributed by atoms with E-state index in [9.17, 15) is 4.79 Å². The van der Waals surface area contributed by atoms with Crippen LogP contribution in [0.2, 0.25) is 10.0 Å². The van der Waals surface area contributed by atoms with Gasteiger partial charge in [0.05, 0.1) is 0 Å². The average Bonchev–Trinajstić information content (AvgIpc) is 3.06. The minimum atomic E-state index is -0.0759. The molecule has 2 rings (SSSR count). The molecule has 0 radical (unpaired) electrons. The monoisotopic (exact) mass is 269 g/mol. The Labute approximate surface area is 111 Å². The summed E-state index contributed by atoms with van der Waals surface area (Å²) in [4.78, 5) is 11.5. The van der Waals surface area contributed by atoms with E-state index in [-0.39, 0.29) is 5.91 Å². The number of carbonyl (C=O) groups excluding carboxylic acids is 1. The SMILES string of the molecule is O=C(/C=C/c1cc(Cl)cc(Cl)c1)NCC1CC1. The van der Waals surface area contributed by atoms with Crippen LogP contribution in [0.25, 0.3) is 6.08 Å². The summed E-state index contributed by atoms with van der Waals surface area (Å²) < 4.78 is 0. The third-order valence-electron chi connectivity index (χ3n) is 2.57. The zero-order valence-electron chi connectivity index (χ0n) is 9.25. The molecule has 0 saturated heterocycles. The minimum Gasteiger partial charge on any atom is -0.352 e. The fourth-order valence-corrected chi connectivity index (χ4v) is 2.01. The highest BCUT2D eigenvalue weighted by Crippen LogP contribution is 2.27. The highest BCUT2D eigenvalue weighted by molar-refractivity contribution is 6.34. The molecule has 90 valence electrons. The molecule has 1 aliphatic rings. The molecule has 0 atom stereocenters. The zero-order chi connectivity index (χ0) is 12.3. The van der Waals surface area contributed by atoms with Crippen LogP contribution in [0.1, 0.15) is 18.4 Å². The van der Waals surface area contributed by atoms with E-state index in [1.54, 1.807) is 24.3 Å². The number of amides is 1. The van der Waals surface area contributed by atoms with Gasteiger partial charge in [-0.3, -0.25) is 4.79 Å². The van der Waals surface area contributed by atoms with Crippen LogP contribution in [0.5, 0.6) is 0 Å². The van der Waals surface area contributed by atoms with Crippen molar-refractivity contribution in [2.75, 3.05) is 6.54 Å². The summed E-state index contributed by atoms with van der Waals surface area (Å²) in [5.74, 6) is 0.612. The maximum atomic E-state index is 11.5. The third kappa shape index (κ3) is 4.41. The van der Waals surface area contributed by atoms with Crippen molar-refractivity contribution in [3.05, 3.63) is 39.9 Å². The number of hydrogen-bond donors (Lipinski definition) is 1. The molecular formula is C13H13Cl2NO. The predicted octanol–water partition coefficient (Wildman–Crippen LogP) is 3.53. The van der Waals surface area contributed by atoms with E-state index in [4.69, 9.17) is 23.2 Å². The van der Waals surface area contributed by atoms with Crippen molar-refractivity contribution in [3.8, 4) is 0 Å². The van der Waals surface area contributed by atoms with Gasteiger partial charge in [-0.25, -0.2) is 0 Å². The lowest BCUT2D eigenvalue weighted by Gasteiger charge is -1.99. The summed E-state index contributed by atoms with van der Waals surface area (Å²) in [6, 6.07) is 5.18. The fraction of sp³-hybridized carbons (Fsp3) is 0.308. The van der Waals surface area contributed by atoms with E-state index in [1.165, 1.54) is 18.9 Å². The highest BCUT2D eigenvalue weighted by Gasteiger charge is 2.20.